The van der Waals surface area contributed by atoms with Crippen molar-refractivity contribution in [3.05, 3.63) is 28.8 Å². The largest absolute Gasteiger partial charge is 0.330 e. The van der Waals surface area contributed by atoms with E-state index in [9.17, 15) is 4.79 Å². The van der Waals surface area contributed by atoms with Gasteiger partial charge in [-0.3, -0.25) is 9.13 Å². The van der Waals surface area contributed by atoms with Crippen LogP contribution >= 0.6 is 0 Å². The van der Waals surface area contributed by atoms with Crippen molar-refractivity contribution in [1.29, 1.82) is 0 Å². The van der Waals surface area contributed by atoms with Crippen LogP contribution in [-0.4, -0.2) is 26.7 Å². The molecule has 3 heterocycles. The van der Waals surface area contributed by atoms with Crippen LogP contribution in [0.4, 0.5) is 0 Å². The van der Waals surface area contributed by atoms with E-state index in [1.807, 2.05) is 16.7 Å². The zero-order valence-electron chi connectivity index (χ0n) is 9.89. The summed E-state index contributed by atoms with van der Waals surface area (Å²) in [7, 11) is 1.77. The van der Waals surface area contributed by atoms with Gasteiger partial charge in [0.1, 0.15) is 0 Å². The van der Waals surface area contributed by atoms with Crippen LogP contribution in [0.5, 0.6) is 0 Å². The Labute approximate surface area is 99.1 Å². The second-order valence-corrected chi connectivity index (χ2v) is 4.59. The molecule has 0 radical (unpaired) electrons. The van der Waals surface area contributed by atoms with Crippen molar-refractivity contribution >= 4 is 11.2 Å². The maximum Gasteiger partial charge on any atom is 0.330 e. The summed E-state index contributed by atoms with van der Waals surface area (Å²) < 4.78 is 3.44. The molecule has 1 aliphatic heterocycles. The SMILES string of the molecule is Cn1c(=O)n(CC2CCCN2)c2cccnc21. The summed E-state index contributed by atoms with van der Waals surface area (Å²) in [6, 6.07) is 4.25. The Morgan fingerprint density at radius 3 is 3.24 bits per heavy atom. The second kappa shape index (κ2) is 4.00. The number of aromatic nitrogens is 3. The molecule has 2 aromatic heterocycles. The van der Waals surface area contributed by atoms with Gasteiger partial charge in [-0.1, -0.05) is 0 Å². The first-order chi connectivity index (χ1) is 8.27. The number of rotatable bonds is 2. The number of aryl methyl sites for hydroxylation is 1. The van der Waals surface area contributed by atoms with Crippen molar-refractivity contribution in [2.45, 2.75) is 25.4 Å². The minimum absolute atomic E-state index is 0.0207. The van der Waals surface area contributed by atoms with Gasteiger partial charge < -0.3 is 5.32 Å². The lowest BCUT2D eigenvalue weighted by Crippen LogP contribution is -2.32. The second-order valence-electron chi connectivity index (χ2n) is 4.59. The average Bonchev–Trinajstić information content (AvgIpc) is 2.94. The number of imidazole rings is 1. The normalized spacial score (nSPS) is 20.2. The lowest BCUT2D eigenvalue weighted by Gasteiger charge is -2.10. The zero-order chi connectivity index (χ0) is 11.8. The van der Waals surface area contributed by atoms with Gasteiger partial charge >= 0.3 is 5.69 Å². The summed E-state index contributed by atoms with van der Waals surface area (Å²) in [4.78, 5) is 16.4. The molecule has 3 rings (SSSR count). The molecule has 17 heavy (non-hydrogen) atoms. The molecule has 1 aliphatic rings. The van der Waals surface area contributed by atoms with Gasteiger partial charge in [-0.2, -0.15) is 0 Å². The van der Waals surface area contributed by atoms with Gasteiger partial charge in [-0.25, -0.2) is 9.78 Å². The molecule has 1 atom stereocenters. The molecule has 1 unspecified atom stereocenters. The first kappa shape index (κ1) is 10.5. The fourth-order valence-electron chi connectivity index (χ4n) is 2.54. The molecule has 1 fully saturated rings. The Kier molecular flexibility index (Phi) is 2.48. The van der Waals surface area contributed by atoms with Crippen LogP contribution in [0.1, 0.15) is 12.8 Å². The third-order valence-corrected chi connectivity index (χ3v) is 3.46. The fraction of sp³-hybridized carbons (Fsp3) is 0.500. The molecule has 2 aromatic rings. The molecule has 0 aliphatic carbocycles. The maximum atomic E-state index is 12.1. The highest BCUT2D eigenvalue weighted by molar-refractivity contribution is 5.71. The van der Waals surface area contributed by atoms with Crippen molar-refractivity contribution < 1.29 is 0 Å². The van der Waals surface area contributed by atoms with Crippen LogP contribution in [0.3, 0.4) is 0 Å². The minimum Gasteiger partial charge on any atom is -0.312 e. The summed E-state index contributed by atoms with van der Waals surface area (Å²) in [5.41, 5.74) is 1.71. The predicted molar refractivity (Wildman–Crippen MR) is 66.0 cm³/mol. The van der Waals surface area contributed by atoms with Crippen LogP contribution in [0.15, 0.2) is 23.1 Å². The van der Waals surface area contributed by atoms with E-state index in [1.54, 1.807) is 17.8 Å². The van der Waals surface area contributed by atoms with Gasteiger partial charge in [0.15, 0.2) is 5.65 Å². The first-order valence-corrected chi connectivity index (χ1v) is 6.01. The maximum absolute atomic E-state index is 12.1. The Hall–Kier alpha value is -1.62. The highest BCUT2D eigenvalue weighted by Gasteiger charge is 2.18. The van der Waals surface area contributed by atoms with Crippen molar-refractivity contribution in [2.75, 3.05) is 6.54 Å². The summed E-state index contributed by atoms with van der Waals surface area (Å²) >= 11 is 0. The third-order valence-electron chi connectivity index (χ3n) is 3.46. The number of pyridine rings is 1. The van der Waals surface area contributed by atoms with Crippen LogP contribution in [0, 0.1) is 0 Å². The molecule has 0 spiro atoms. The monoisotopic (exact) mass is 232 g/mol. The molecular formula is C12H16N4O. The summed E-state index contributed by atoms with van der Waals surface area (Å²) in [6.07, 6.45) is 4.06. The zero-order valence-corrected chi connectivity index (χ0v) is 9.89. The fourth-order valence-corrected chi connectivity index (χ4v) is 2.54. The summed E-state index contributed by atoms with van der Waals surface area (Å²) in [6.45, 7) is 1.80. The van der Waals surface area contributed by atoms with E-state index in [0.29, 0.717) is 6.04 Å². The van der Waals surface area contributed by atoms with Crippen LogP contribution < -0.4 is 11.0 Å². The van der Waals surface area contributed by atoms with Gasteiger partial charge in [0.05, 0.1) is 5.52 Å². The standard InChI is InChI=1S/C12H16N4O/c1-15-11-10(5-3-7-14-11)16(12(15)17)8-9-4-2-6-13-9/h3,5,7,9,13H,2,4,6,8H2,1H3. The summed E-state index contributed by atoms with van der Waals surface area (Å²) in [5, 5.41) is 3.42. The van der Waals surface area contributed by atoms with Crippen molar-refractivity contribution in [3.8, 4) is 0 Å². The molecule has 1 saturated heterocycles. The predicted octanol–water partition coefficient (Wildman–Crippen LogP) is 0.487. The van der Waals surface area contributed by atoms with Gasteiger partial charge in [0.2, 0.25) is 0 Å². The molecule has 1 N–H and O–H groups in total. The smallest absolute Gasteiger partial charge is 0.312 e. The van der Waals surface area contributed by atoms with E-state index in [0.717, 1.165) is 30.7 Å². The first-order valence-electron chi connectivity index (χ1n) is 6.01. The molecule has 0 aromatic carbocycles. The number of hydrogen-bond donors (Lipinski definition) is 1. The van der Waals surface area contributed by atoms with Crippen molar-refractivity contribution in [1.82, 2.24) is 19.4 Å². The quantitative estimate of drug-likeness (QED) is 0.819. The molecule has 5 heteroatoms. The molecule has 0 saturated carbocycles. The lowest BCUT2D eigenvalue weighted by atomic mass is 10.2. The highest BCUT2D eigenvalue weighted by Crippen LogP contribution is 2.12. The molecule has 5 nitrogen and oxygen atoms in total. The topological polar surface area (TPSA) is 51.9 Å². The van der Waals surface area contributed by atoms with E-state index >= 15 is 0 Å². The van der Waals surface area contributed by atoms with Crippen LogP contribution in [0.2, 0.25) is 0 Å². The van der Waals surface area contributed by atoms with Gasteiger partial charge in [0, 0.05) is 25.8 Å². The molecular weight excluding hydrogens is 216 g/mol. The van der Waals surface area contributed by atoms with E-state index in [2.05, 4.69) is 10.3 Å². The van der Waals surface area contributed by atoms with Gasteiger partial charge in [-0.05, 0) is 31.5 Å². The number of hydrogen-bond acceptors (Lipinski definition) is 3. The van der Waals surface area contributed by atoms with E-state index < -0.39 is 0 Å². The van der Waals surface area contributed by atoms with Gasteiger partial charge in [-0.15, -0.1) is 0 Å². The summed E-state index contributed by atoms with van der Waals surface area (Å²) in [5.74, 6) is 0. The third kappa shape index (κ3) is 1.67. The van der Waals surface area contributed by atoms with E-state index in [4.69, 9.17) is 0 Å². The van der Waals surface area contributed by atoms with Crippen molar-refractivity contribution in [3.63, 3.8) is 0 Å². The molecule has 0 amide bonds. The number of nitrogens with zero attached hydrogens (tertiary/aromatic N) is 3. The highest BCUT2D eigenvalue weighted by atomic mass is 16.1. The average molecular weight is 232 g/mol. The molecule has 90 valence electrons. The van der Waals surface area contributed by atoms with Crippen LogP contribution in [-0.2, 0) is 13.6 Å². The number of nitrogens with one attached hydrogen (secondary N) is 1. The Balaban J connectivity index is 2.08. The van der Waals surface area contributed by atoms with Crippen LogP contribution in [0.25, 0.3) is 11.2 Å². The van der Waals surface area contributed by atoms with E-state index in [-0.39, 0.29) is 5.69 Å². The lowest BCUT2D eigenvalue weighted by molar-refractivity contribution is 0.504. The van der Waals surface area contributed by atoms with Crippen molar-refractivity contribution in [2.24, 2.45) is 7.05 Å². The number of fused-ring (bicyclic) bond motifs is 1. The molecule has 0 bridgehead atoms. The Morgan fingerprint density at radius 2 is 2.47 bits per heavy atom. The van der Waals surface area contributed by atoms with Gasteiger partial charge in [0.25, 0.3) is 0 Å². The Morgan fingerprint density at radius 1 is 1.59 bits per heavy atom. The van der Waals surface area contributed by atoms with E-state index in [1.165, 1.54) is 6.42 Å². The Bertz CT molecular complexity index is 592. The minimum atomic E-state index is 0.0207.